The molecule has 1 heterocycles. The number of aromatic amines is 1. The van der Waals surface area contributed by atoms with Crippen molar-refractivity contribution in [3.8, 4) is 0 Å². The van der Waals surface area contributed by atoms with Crippen molar-refractivity contribution in [2.75, 3.05) is 5.73 Å². The van der Waals surface area contributed by atoms with Crippen LogP contribution in [0.25, 0.3) is 0 Å². The molecule has 0 aliphatic heterocycles. The summed E-state index contributed by atoms with van der Waals surface area (Å²) in [6.07, 6.45) is 6.88. The molecule has 0 spiro atoms. The average molecular weight is 262 g/mol. The van der Waals surface area contributed by atoms with Gasteiger partial charge in [-0.25, -0.2) is 0 Å². The summed E-state index contributed by atoms with van der Waals surface area (Å²) < 4.78 is 0. The number of carbonyl (C=O) groups excluding carboxylic acids is 1. The van der Waals surface area contributed by atoms with Crippen molar-refractivity contribution >= 4 is 11.6 Å². The Morgan fingerprint density at radius 1 is 1.37 bits per heavy atom. The SMILES string of the molecule is CC1CCCC(NC(=O)c2n[nH]c(C3CC3)c2N)C1. The van der Waals surface area contributed by atoms with Crippen LogP contribution in [0.4, 0.5) is 5.69 Å². The van der Waals surface area contributed by atoms with Crippen molar-refractivity contribution in [3.05, 3.63) is 11.4 Å². The number of hydrogen-bond acceptors (Lipinski definition) is 3. The number of amides is 1. The van der Waals surface area contributed by atoms with E-state index in [1.807, 2.05) is 0 Å². The quantitative estimate of drug-likeness (QED) is 0.780. The van der Waals surface area contributed by atoms with Gasteiger partial charge in [0.1, 0.15) is 0 Å². The number of nitrogen functional groups attached to an aromatic ring is 1. The minimum absolute atomic E-state index is 0.125. The summed E-state index contributed by atoms with van der Waals surface area (Å²) in [5, 5.41) is 10.1. The highest BCUT2D eigenvalue weighted by molar-refractivity contribution is 5.97. The van der Waals surface area contributed by atoms with Gasteiger partial charge in [0.05, 0.1) is 11.4 Å². The standard InChI is InChI=1S/C14H22N4O/c1-8-3-2-4-10(7-8)16-14(19)13-11(15)12(17-18-13)9-5-6-9/h8-10H,2-7,15H2,1H3,(H,16,19)(H,17,18). The number of aromatic nitrogens is 2. The Morgan fingerprint density at radius 3 is 2.84 bits per heavy atom. The molecule has 2 fully saturated rings. The molecule has 2 aliphatic carbocycles. The molecule has 1 amide bonds. The van der Waals surface area contributed by atoms with Gasteiger partial charge in [-0.3, -0.25) is 9.89 Å². The third-order valence-electron chi connectivity index (χ3n) is 4.31. The van der Waals surface area contributed by atoms with Gasteiger partial charge in [-0.15, -0.1) is 0 Å². The topological polar surface area (TPSA) is 83.8 Å². The van der Waals surface area contributed by atoms with E-state index >= 15 is 0 Å². The first-order chi connectivity index (χ1) is 9.15. The molecular weight excluding hydrogens is 240 g/mol. The molecule has 3 rings (SSSR count). The fourth-order valence-corrected chi connectivity index (χ4v) is 3.04. The fourth-order valence-electron chi connectivity index (χ4n) is 3.04. The first-order valence-electron chi connectivity index (χ1n) is 7.29. The highest BCUT2D eigenvalue weighted by Crippen LogP contribution is 2.42. The van der Waals surface area contributed by atoms with Crippen LogP contribution >= 0.6 is 0 Å². The minimum atomic E-state index is -0.125. The molecule has 5 heteroatoms. The van der Waals surface area contributed by atoms with E-state index in [1.54, 1.807) is 0 Å². The molecule has 2 unspecified atom stereocenters. The molecule has 0 radical (unpaired) electrons. The molecule has 1 aromatic rings. The van der Waals surface area contributed by atoms with Crippen molar-refractivity contribution in [1.82, 2.24) is 15.5 Å². The van der Waals surface area contributed by atoms with Gasteiger partial charge in [-0.05, 0) is 31.6 Å². The van der Waals surface area contributed by atoms with Crippen LogP contribution < -0.4 is 11.1 Å². The summed E-state index contributed by atoms with van der Waals surface area (Å²) in [5.41, 5.74) is 7.89. The van der Waals surface area contributed by atoms with Gasteiger partial charge in [0.2, 0.25) is 0 Å². The predicted molar refractivity (Wildman–Crippen MR) is 73.9 cm³/mol. The number of nitrogens with two attached hydrogens (primary N) is 1. The summed E-state index contributed by atoms with van der Waals surface area (Å²) >= 11 is 0. The number of rotatable bonds is 3. The van der Waals surface area contributed by atoms with Crippen LogP contribution in [0.15, 0.2) is 0 Å². The number of anilines is 1. The Labute approximate surface area is 113 Å². The smallest absolute Gasteiger partial charge is 0.274 e. The van der Waals surface area contributed by atoms with Crippen LogP contribution in [0.3, 0.4) is 0 Å². The second-order valence-electron chi connectivity index (χ2n) is 6.12. The van der Waals surface area contributed by atoms with Crippen molar-refractivity contribution in [1.29, 1.82) is 0 Å². The van der Waals surface area contributed by atoms with Crippen molar-refractivity contribution in [2.45, 2.75) is 57.4 Å². The van der Waals surface area contributed by atoms with Crippen LogP contribution in [0, 0.1) is 5.92 Å². The molecule has 0 bridgehead atoms. The Kier molecular flexibility index (Phi) is 3.21. The van der Waals surface area contributed by atoms with E-state index in [4.69, 9.17) is 5.73 Å². The minimum Gasteiger partial charge on any atom is -0.395 e. The Morgan fingerprint density at radius 2 is 2.16 bits per heavy atom. The van der Waals surface area contributed by atoms with Crippen molar-refractivity contribution in [3.63, 3.8) is 0 Å². The van der Waals surface area contributed by atoms with Gasteiger partial charge >= 0.3 is 0 Å². The Balaban J connectivity index is 1.66. The van der Waals surface area contributed by atoms with Gasteiger partial charge < -0.3 is 11.1 Å². The molecule has 0 saturated heterocycles. The lowest BCUT2D eigenvalue weighted by Crippen LogP contribution is -2.38. The van der Waals surface area contributed by atoms with Crippen LogP contribution in [-0.2, 0) is 0 Å². The van der Waals surface area contributed by atoms with Gasteiger partial charge in [0.15, 0.2) is 5.69 Å². The molecule has 19 heavy (non-hydrogen) atoms. The van der Waals surface area contributed by atoms with E-state index in [0.29, 0.717) is 23.2 Å². The maximum absolute atomic E-state index is 12.2. The maximum Gasteiger partial charge on any atom is 0.274 e. The Hall–Kier alpha value is -1.52. The van der Waals surface area contributed by atoms with E-state index in [1.165, 1.54) is 12.8 Å². The predicted octanol–water partition coefficient (Wildman–Crippen LogP) is 2.18. The third kappa shape index (κ3) is 2.60. The summed E-state index contributed by atoms with van der Waals surface area (Å²) in [4.78, 5) is 12.2. The number of H-pyrrole nitrogens is 1. The lowest BCUT2D eigenvalue weighted by Gasteiger charge is -2.27. The van der Waals surface area contributed by atoms with E-state index in [0.717, 1.165) is 31.4 Å². The normalized spacial score (nSPS) is 27.2. The number of nitrogens with one attached hydrogen (secondary N) is 2. The van der Waals surface area contributed by atoms with Crippen molar-refractivity contribution < 1.29 is 4.79 Å². The summed E-state index contributed by atoms with van der Waals surface area (Å²) in [6, 6.07) is 0.275. The zero-order valence-corrected chi connectivity index (χ0v) is 11.4. The maximum atomic E-state index is 12.2. The molecule has 5 nitrogen and oxygen atoms in total. The number of carbonyl (C=O) groups is 1. The van der Waals surface area contributed by atoms with E-state index < -0.39 is 0 Å². The molecular formula is C14H22N4O. The largest absolute Gasteiger partial charge is 0.395 e. The molecule has 4 N–H and O–H groups in total. The first kappa shape index (κ1) is 12.5. The van der Waals surface area contributed by atoms with Gasteiger partial charge in [0, 0.05) is 12.0 Å². The second kappa shape index (κ2) is 4.87. The van der Waals surface area contributed by atoms with Gasteiger partial charge in [-0.1, -0.05) is 19.8 Å². The molecule has 2 saturated carbocycles. The molecule has 1 aromatic heterocycles. The highest BCUT2D eigenvalue weighted by Gasteiger charge is 2.31. The van der Waals surface area contributed by atoms with Crippen LogP contribution in [0.5, 0.6) is 0 Å². The summed E-state index contributed by atoms with van der Waals surface area (Å²) in [7, 11) is 0. The van der Waals surface area contributed by atoms with E-state index in [-0.39, 0.29) is 11.9 Å². The average Bonchev–Trinajstić information content (AvgIpc) is 3.13. The van der Waals surface area contributed by atoms with Crippen LogP contribution in [0.1, 0.15) is 67.5 Å². The third-order valence-corrected chi connectivity index (χ3v) is 4.31. The first-order valence-corrected chi connectivity index (χ1v) is 7.29. The molecule has 2 atom stereocenters. The van der Waals surface area contributed by atoms with Gasteiger partial charge in [-0.2, -0.15) is 5.10 Å². The number of hydrogen-bond donors (Lipinski definition) is 3. The zero-order valence-electron chi connectivity index (χ0n) is 11.4. The van der Waals surface area contributed by atoms with Crippen LogP contribution in [-0.4, -0.2) is 22.1 Å². The van der Waals surface area contributed by atoms with E-state index in [9.17, 15) is 4.79 Å². The number of nitrogens with zero attached hydrogens (tertiary/aromatic N) is 1. The summed E-state index contributed by atoms with van der Waals surface area (Å²) in [6.45, 7) is 2.24. The van der Waals surface area contributed by atoms with Crippen LogP contribution in [0.2, 0.25) is 0 Å². The zero-order chi connectivity index (χ0) is 13.4. The van der Waals surface area contributed by atoms with Gasteiger partial charge in [0.25, 0.3) is 5.91 Å². The molecule has 104 valence electrons. The second-order valence-corrected chi connectivity index (χ2v) is 6.12. The van der Waals surface area contributed by atoms with Crippen molar-refractivity contribution in [2.24, 2.45) is 5.92 Å². The lowest BCUT2D eigenvalue weighted by atomic mass is 9.87. The molecule has 2 aliphatic rings. The lowest BCUT2D eigenvalue weighted by molar-refractivity contribution is 0.0917. The highest BCUT2D eigenvalue weighted by atomic mass is 16.2. The molecule has 0 aromatic carbocycles. The fraction of sp³-hybridized carbons (Fsp3) is 0.714. The monoisotopic (exact) mass is 262 g/mol. The summed E-state index contributed by atoms with van der Waals surface area (Å²) in [5.74, 6) is 1.06. The van der Waals surface area contributed by atoms with E-state index in [2.05, 4.69) is 22.4 Å². The Bertz CT molecular complexity index is 478.